The van der Waals surface area contributed by atoms with Crippen LogP contribution in [0.1, 0.15) is 5.56 Å². The van der Waals surface area contributed by atoms with Crippen molar-refractivity contribution in [3.8, 4) is 5.75 Å². The summed E-state index contributed by atoms with van der Waals surface area (Å²) in [7, 11) is 1.59. The molecule has 0 saturated heterocycles. The van der Waals surface area contributed by atoms with Gasteiger partial charge in [-0.25, -0.2) is 0 Å². The lowest BCUT2D eigenvalue weighted by atomic mass is 10.1. The first-order chi connectivity index (χ1) is 10.8. The fourth-order valence-corrected chi connectivity index (χ4v) is 2.26. The van der Waals surface area contributed by atoms with Crippen LogP contribution in [-0.4, -0.2) is 12.2 Å². The molecule has 0 saturated carbocycles. The second-order valence-electron chi connectivity index (χ2n) is 4.88. The maximum Gasteiger partial charge on any atom is 0.119 e. The first-order valence-electron chi connectivity index (χ1n) is 6.98. The van der Waals surface area contributed by atoms with E-state index in [0.29, 0.717) is 17.0 Å². The molecule has 0 unspecified atom stereocenters. The molecular weight excluding hydrogens is 276 g/mol. The summed E-state index contributed by atoms with van der Waals surface area (Å²) in [5, 5.41) is 20.2. The first-order valence-corrected chi connectivity index (χ1v) is 6.98. The van der Waals surface area contributed by atoms with Crippen LogP contribution in [0.5, 0.6) is 5.75 Å². The van der Waals surface area contributed by atoms with Gasteiger partial charge in [0.25, 0.3) is 0 Å². The molecule has 3 rings (SSSR count). The number of aliphatic hydroxyl groups is 1. The van der Waals surface area contributed by atoms with Crippen molar-refractivity contribution in [3.05, 3.63) is 66.2 Å². The fourth-order valence-electron chi connectivity index (χ4n) is 2.26. The number of hydrogen-bond acceptors (Lipinski definition) is 4. The van der Waals surface area contributed by atoms with Gasteiger partial charge < -0.3 is 9.84 Å². The minimum absolute atomic E-state index is 0.108. The molecule has 3 aromatic rings. The number of rotatable bonds is 4. The SMILES string of the molecule is COc1ccc(N=Nc2ccc3ccccc3c2)c(CO)c1. The lowest BCUT2D eigenvalue weighted by Gasteiger charge is -2.05. The quantitative estimate of drug-likeness (QED) is 0.705. The Hall–Kier alpha value is -2.72. The summed E-state index contributed by atoms with van der Waals surface area (Å²) in [6, 6.07) is 19.4. The van der Waals surface area contributed by atoms with Crippen LogP contribution in [0.2, 0.25) is 0 Å². The van der Waals surface area contributed by atoms with Crippen molar-refractivity contribution in [1.29, 1.82) is 0 Å². The van der Waals surface area contributed by atoms with E-state index < -0.39 is 0 Å². The predicted molar refractivity (Wildman–Crippen MR) is 87.0 cm³/mol. The van der Waals surface area contributed by atoms with Gasteiger partial charge in [-0.1, -0.05) is 30.3 Å². The number of aliphatic hydroxyl groups excluding tert-OH is 1. The van der Waals surface area contributed by atoms with Gasteiger partial charge in [0.05, 0.1) is 25.1 Å². The highest BCUT2D eigenvalue weighted by molar-refractivity contribution is 5.85. The summed E-state index contributed by atoms with van der Waals surface area (Å²) >= 11 is 0. The molecule has 4 nitrogen and oxygen atoms in total. The normalized spacial score (nSPS) is 11.2. The van der Waals surface area contributed by atoms with E-state index in [-0.39, 0.29) is 6.61 Å². The number of methoxy groups -OCH3 is 1. The Balaban J connectivity index is 1.92. The molecule has 0 aliphatic carbocycles. The molecule has 0 radical (unpaired) electrons. The third kappa shape index (κ3) is 2.97. The molecule has 22 heavy (non-hydrogen) atoms. The van der Waals surface area contributed by atoms with Gasteiger partial charge in [-0.2, -0.15) is 10.2 Å². The van der Waals surface area contributed by atoms with Gasteiger partial charge in [0.2, 0.25) is 0 Å². The van der Waals surface area contributed by atoms with Crippen molar-refractivity contribution in [2.45, 2.75) is 6.61 Å². The smallest absolute Gasteiger partial charge is 0.119 e. The second-order valence-corrected chi connectivity index (χ2v) is 4.88. The zero-order valence-electron chi connectivity index (χ0n) is 12.2. The highest BCUT2D eigenvalue weighted by Crippen LogP contribution is 2.27. The van der Waals surface area contributed by atoms with Crippen LogP contribution in [-0.2, 0) is 6.61 Å². The van der Waals surface area contributed by atoms with Crippen LogP contribution in [0.4, 0.5) is 11.4 Å². The van der Waals surface area contributed by atoms with E-state index in [1.165, 1.54) is 5.39 Å². The van der Waals surface area contributed by atoms with Gasteiger partial charge in [0.15, 0.2) is 0 Å². The summed E-state index contributed by atoms with van der Waals surface area (Å²) in [6.45, 7) is -0.108. The number of benzene rings is 3. The van der Waals surface area contributed by atoms with Gasteiger partial charge in [-0.3, -0.25) is 0 Å². The van der Waals surface area contributed by atoms with Crippen LogP contribution < -0.4 is 4.74 Å². The van der Waals surface area contributed by atoms with Crippen LogP contribution in [0.15, 0.2) is 70.9 Å². The second kappa shape index (κ2) is 6.37. The molecule has 0 fully saturated rings. The maximum atomic E-state index is 9.42. The van der Waals surface area contributed by atoms with Crippen molar-refractivity contribution < 1.29 is 9.84 Å². The molecule has 110 valence electrons. The molecule has 3 aromatic carbocycles. The zero-order chi connectivity index (χ0) is 15.4. The van der Waals surface area contributed by atoms with E-state index in [1.807, 2.05) is 36.4 Å². The molecule has 0 aliphatic heterocycles. The average molecular weight is 292 g/mol. The average Bonchev–Trinajstić information content (AvgIpc) is 2.59. The Labute approximate surface area is 128 Å². The van der Waals surface area contributed by atoms with Crippen molar-refractivity contribution >= 4 is 22.1 Å². The zero-order valence-corrected chi connectivity index (χ0v) is 12.2. The number of hydrogen-bond donors (Lipinski definition) is 1. The van der Waals surface area contributed by atoms with Crippen LogP contribution in [0, 0.1) is 0 Å². The van der Waals surface area contributed by atoms with Gasteiger partial charge >= 0.3 is 0 Å². The third-order valence-electron chi connectivity index (χ3n) is 3.46. The lowest BCUT2D eigenvalue weighted by molar-refractivity contribution is 0.281. The minimum atomic E-state index is -0.108. The Morgan fingerprint density at radius 3 is 2.50 bits per heavy atom. The van der Waals surface area contributed by atoms with E-state index >= 15 is 0 Å². The minimum Gasteiger partial charge on any atom is -0.497 e. The molecule has 0 atom stereocenters. The van der Waals surface area contributed by atoms with Gasteiger partial charge in [0.1, 0.15) is 5.75 Å². The van der Waals surface area contributed by atoms with E-state index in [9.17, 15) is 5.11 Å². The topological polar surface area (TPSA) is 54.2 Å². The predicted octanol–water partition coefficient (Wildman–Crippen LogP) is 4.76. The molecule has 4 heteroatoms. The molecule has 0 heterocycles. The molecule has 0 bridgehead atoms. The Kier molecular flexibility index (Phi) is 4.12. The van der Waals surface area contributed by atoms with Crippen LogP contribution in [0.25, 0.3) is 10.8 Å². The first kappa shape index (κ1) is 14.2. The largest absolute Gasteiger partial charge is 0.497 e. The highest BCUT2D eigenvalue weighted by Gasteiger charge is 2.03. The van der Waals surface area contributed by atoms with E-state index in [4.69, 9.17) is 4.74 Å². The molecule has 0 aromatic heterocycles. The van der Waals surface area contributed by atoms with E-state index in [1.54, 1.807) is 25.3 Å². The number of ether oxygens (including phenoxy) is 1. The Bertz CT molecular complexity index is 828. The van der Waals surface area contributed by atoms with Crippen molar-refractivity contribution in [1.82, 2.24) is 0 Å². The summed E-state index contributed by atoms with van der Waals surface area (Å²) in [5.41, 5.74) is 2.10. The molecule has 0 amide bonds. The summed E-state index contributed by atoms with van der Waals surface area (Å²) < 4.78 is 5.14. The maximum absolute atomic E-state index is 9.42. The van der Waals surface area contributed by atoms with Crippen LogP contribution in [0.3, 0.4) is 0 Å². The number of azo groups is 1. The fraction of sp³-hybridized carbons (Fsp3) is 0.111. The molecule has 0 spiro atoms. The standard InChI is InChI=1S/C18H16N2O2/c1-22-17-8-9-18(15(11-17)12-21)20-19-16-7-6-13-4-2-3-5-14(13)10-16/h2-11,21H,12H2,1H3. The summed E-state index contributed by atoms with van der Waals surface area (Å²) in [5.74, 6) is 0.689. The van der Waals surface area contributed by atoms with E-state index in [2.05, 4.69) is 16.3 Å². The van der Waals surface area contributed by atoms with Gasteiger partial charge in [0, 0.05) is 5.56 Å². The molecule has 1 N–H and O–H groups in total. The monoisotopic (exact) mass is 292 g/mol. The highest BCUT2D eigenvalue weighted by atomic mass is 16.5. The third-order valence-corrected chi connectivity index (χ3v) is 3.46. The lowest BCUT2D eigenvalue weighted by Crippen LogP contribution is -1.87. The summed E-state index contributed by atoms with van der Waals surface area (Å²) in [4.78, 5) is 0. The van der Waals surface area contributed by atoms with Gasteiger partial charge in [-0.15, -0.1) is 0 Å². The van der Waals surface area contributed by atoms with Crippen molar-refractivity contribution in [2.24, 2.45) is 10.2 Å². The van der Waals surface area contributed by atoms with Crippen molar-refractivity contribution in [2.75, 3.05) is 7.11 Å². The Morgan fingerprint density at radius 2 is 1.73 bits per heavy atom. The van der Waals surface area contributed by atoms with Crippen molar-refractivity contribution in [3.63, 3.8) is 0 Å². The van der Waals surface area contributed by atoms with Gasteiger partial charge in [-0.05, 0) is 41.1 Å². The Morgan fingerprint density at radius 1 is 0.909 bits per heavy atom. The van der Waals surface area contributed by atoms with Crippen LogP contribution >= 0.6 is 0 Å². The number of fused-ring (bicyclic) bond motifs is 1. The summed E-state index contributed by atoms with van der Waals surface area (Å²) in [6.07, 6.45) is 0. The molecule has 0 aliphatic rings. The number of nitrogens with zero attached hydrogens (tertiary/aromatic N) is 2. The molecular formula is C18H16N2O2. The van der Waals surface area contributed by atoms with E-state index in [0.717, 1.165) is 11.1 Å².